The van der Waals surface area contributed by atoms with E-state index in [0.717, 1.165) is 11.3 Å². The van der Waals surface area contributed by atoms with Gasteiger partial charge in [-0.1, -0.05) is 30.3 Å². The van der Waals surface area contributed by atoms with E-state index in [4.69, 9.17) is 4.74 Å². The van der Waals surface area contributed by atoms with Gasteiger partial charge in [-0.15, -0.1) is 0 Å². The van der Waals surface area contributed by atoms with Crippen molar-refractivity contribution >= 4 is 23.3 Å². The average molecular weight is 379 g/mol. The van der Waals surface area contributed by atoms with Crippen LogP contribution < -0.4 is 5.32 Å². The van der Waals surface area contributed by atoms with E-state index in [0.29, 0.717) is 24.2 Å². The molecule has 144 valence electrons. The summed E-state index contributed by atoms with van der Waals surface area (Å²) in [6, 6.07) is 12.6. The standard InChI is InChI=1S/C21H21N3O4/c1-14-4-3-5-20-23-18(12-24(14)20)21(27)28-13-19(26)17-8-6-16(7-9-17)10-11-22-15(2)25/h3-9,12H,10-11,13H2,1-2H3,(H,22,25). The first-order chi connectivity index (χ1) is 13.4. The number of carbonyl (C=O) groups is 3. The van der Waals surface area contributed by atoms with Gasteiger partial charge in [-0.2, -0.15) is 0 Å². The quantitative estimate of drug-likeness (QED) is 0.503. The van der Waals surface area contributed by atoms with Gasteiger partial charge in [0, 0.05) is 30.9 Å². The van der Waals surface area contributed by atoms with Crippen LogP contribution in [0.15, 0.2) is 48.7 Å². The Morgan fingerprint density at radius 3 is 2.54 bits per heavy atom. The third-order valence-corrected chi connectivity index (χ3v) is 4.30. The van der Waals surface area contributed by atoms with Crippen molar-refractivity contribution in [2.45, 2.75) is 20.3 Å². The SMILES string of the molecule is CC(=O)NCCc1ccc(C(=O)COC(=O)c2cn3c(C)cccc3n2)cc1. The van der Waals surface area contributed by atoms with Crippen LogP contribution in [0.3, 0.4) is 0 Å². The van der Waals surface area contributed by atoms with Crippen molar-refractivity contribution in [3.63, 3.8) is 0 Å². The Bertz CT molecular complexity index is 1020. The van der Waals surface area contributed by atoms with E-state index in [1.165, 1.54) is 6.92 Å². The summed E-state index contributed by atoms with van der Waals surface area (Å²) >= 11 is 0. The number of hydrogen-bond donors (Lipinski definition) is 1. The van der Waals surface area contributed by atoms with Gasteiger partial charge >= 0.3 is 5.97 Å². The van der Waals surface area contributed by atoms with Crippen molar-refractivity contribution in [3.05, 3.63) is 71.2 Å². The molecule has 0 bridgehead atoms. The molecule has 2 heterocycles. The van der Waals surface area contributed by atoms with E-state index in [2.05, 4.69) is 10.3 Å². The van der Waals surface area contributed by atoms with Crippen LogP contribution in [0.5, 0.6) is 0 Å². The summed E-state index contributed by atoms with van der Waals surface area (Å²) in [4.78, 5) is 39.6. The Morgan fingerprint density at radius 2 is 1.86 bits per heavy atom. The normalized spacial score (nSPS) is 10.6. The Hall–Kier alpha value is -3.48. The predicted octanol–water partition coefficient (Wildman–Crippen LogP) is 2.36. The van der Waals surface area contributed by atoms with Crippen molar-refractivity contribution in [1.82, 2.24) is 14.7 Å². The molecule has 0 atom stereocenters. The number of pyridine rings is 1. The molecule has 0 spiro atoms. The highest BCUT2D eigenvalue weighted by molar-refractivity contribution is 5.99. The maximum Gasteiger partial charge on any atom is 0.359 e. The van der Waals surface area contributed by atoms with Crippen LogP contribution >= 0.6 is 0 Å². The first kappa shape index (κ1) is 19.3. The molecule has 0 saturated carbocycles. The molecule has 2 aromatic heterocycles. The number of nitrogens with one attached hydrogen (secondary N) is 1. The Morgan fingerprint density at radius 1 is 1.11 bits per heavy atom. The third-order valence-electron chi connectivity index (χ3n) is 4.30. The largest absolute Gasteiger partial charge is 0.453 e. The molecular formula is C21H21N3O4. The van der Waals surface area contributed by atoms with E-state index >= 15 is 0 Å². The molecule has 1 N–H and O–H groups in total. The zero-order chi connectivity index (χ0) is 20.1. The monoisotopic (exact) mass is 379 g/mol. The number of ketones is 1. The molecule has 1 amide bonds. The molecule has 0 aliphatic carbocycles. The van der Waals surface area contributed by atoms with E-state index in [-0.39, 0.29) is 24.0 Å². The predicted molar refractivity (Wildman–Crippen MR) is 103 cm³/mol. The maximum absolute atomic E-state index is 12.3. The van der Waals surface area contributed by atoms with Gasteiger partial charge in [0.2, 0.25) is 5.91 Å². The summed E-state index contributed by atoms with van der Waals surface area (Å²) in [5, 5.41) is 2.72. The zero-order valence-corrected chi connectivity index (χ0v) is 15.8. The maximum atomic E-state index is 12.3. The molecule has 3 aromatic rings. The zero-order valence-electron chi connectivity index (χ0n) is 15.8. The summed E-state index contributed by atoms with van der Waals surface area (Å²) in [5.41, 5.74) is 3.21. The third kappa shape index (κ3) is 4.62. The van der Waals surface area contributed by atoms with Gasteiger partial charge in [0.05, 0.1) is 0 Å². The number of Topliss-reactive ketones (excluding diaryl/α,β-unsaturated/α-hetero) is 1. The Kier molecular flexibility index (Phi) is 5.84. The second-order valence-electron chi connectivity index (χ2n) is 6.45. The summed E-state index contributed by atoms with van der Waals surface area (Å²) in [5.74, 6) is -1.00. The average Bonchev–Trinajstić information content (AvgIpc) is 3.12. The van der Waals surface area contributed by atoms with Gasteiger partial charge in [-0.05, 0) is 31.0 Å². The number of rotatable bonds is 7. The highest BCUT2D eigenvalue weighted by atomic mass is 16.5. The molecule has 7 nitrogen and oxygen atoms in total. The Balaban J connectivity index is 1.56. The van der Waals surface area contributed by atoms with Gasteiger partial charge in [0.1, 0.15) is 5.65 Å². The number of aryl methyl sites for hydroxylation is 1. The van der Waals surface area contributed by atoms with Crippen LogP contribution in [0.1, 0.15) is 39.0 Å². The van der Waals surface area contributed by atoms with E-state index in [1.54, 1.807) is 28.8 Å². The lowest BCUT2D eigenvalue weighted by Gasteiger charge is -2.05. The Labute approximate surface area is 162 Å². The van der Waals surface area contributed by atoms with Gasteiger partial charge in [-0.3, -0.25) is 9.59 Å². The molecular weight excluding hydrogens is 358 g/mol. The summed E-state index contributed by atoms with van der Waals surface area (Å²) in [7, 11) is 0. The van der Waals surface area contributed by atoms with Crippen molar-refractivity contribution in [2.75, 3.05) is 13.2 Å². The summed E-state index contributed by atoms with van der Waals surface area (Å²) < 4.78 is 6.91. The fourth-order valence-electron chi connectivity index (χ4n) is 2.78. The van der Waals surface area contributed by atoms with E-state index in [1.807, 2.05) is 31.2 Å². The number of amides is 1. The second kappa shape index (κ2) is 8.47. The number of imidazole rings is 1. The molecule has 0 radical (unpaired) electrons. The van der Waals surface area contributed by atoms with Crippen molar-refractivity contribution in [1.29, 1.82) is 0 Å². The molecule has 28 heavy (non-hydrogen) atoms. The lowest BCUT2D eigenvalue weighted by molar-refractivity contribution is -0.118. The van der Waals surface area contributed by atoms with Gasteiger partial charge < -0.3 is 14.5 Å². The van der Waals surface area contributed by atoms with Crippen LogP contribution in [-0.2, 0) is 16.0 Å². The fraction of sp³-hybridized carbons (Fsp3) is 0.238. The fourth-order valence-corrected chi connectivity index (χ4v) is 2.78. The molecule has 0 aliphatic heterocycles. The number of hydrogen-bond acceptors (Lipinski definition) is 5. The van der Waals surface area contributed by atoms with Crippen LogP contribution in [0, 0.1) is 6.92 Å². The molecule has 0 aliphatic rings. The minimum atomic E-state index is -0.636. The van der Waals surface area contributed by atoms with Crippen LogP contribution in [-0.4, -0.2) is 40.2 Å². The highest BCUT2D eigenvalue weighted by Crippen LogP contribution is 2.10. The molecule has 0 unspecified atom stereocenters. The topological polar surface area (TPSA) is 89.8 Å². The van der Waals surface area contributed by atoms with E-state index < -0.39 is 5.97 Å². The van der Waals surface area contributed by atoms with Gasteiger partial charge in [0.25, 0.3) is 0 Å². The number of esters is 1. The number of aromatic nitrogens is 2. The molecule has 3 rings (SSSR count). The van der Waals surface area contributed by atoms with Crippen LogP contribution in [0.25, 0.3) is 5.65 Å². The van der Waals surface area contributed by atoms with Crippen molar-refractivity contribution in [3.8, 4) is 0 Å². The highest BCUT2D eigenvalue weighted by Gasteiger charge is 2.15. The lowest BCUT2D eigenvalue weighted by Crippen LogP contribution is -2.22. The number of fused-ring (bicyclic) bond motifs is 1. The van der Waals surface area contributed by atoms with Crippen LogP contribution in [0.2, 0.25) is 0 Å². The van der Waals surface area contributed by atoms with Crippen molar-refractivity contribution in [2.24, 2.45) is 0 Å². The summed E-state index contributed by atoms with van der Waals surface area (Å²) in [6.45, 7) is 3.57. The smallest absolute Gasteiger partial charge is 0.359 e. The molecule has 7 heteroatoms. The molecule has 0 saturated heterocycles. The minimum Gasteiger partial charge on any atom is -0.453 e. The van der Waals surface area contributed by atoms with E-state index in [9.17, 15) is 14.4 Å². The van der Waals surface area contributed by atoms with Gasteiger partial charge in [0.15, 0.2) is 18.1 Å². The molecule has 0 fully saturated rings. The minimum absolute atomic E-state index is 0.0746. The number of benzene rings is 1. The first-order valence-electron chi connectivity index (χ1n) is 8.92. The number of ether oxygens (including phenoxy) is 1. The van der Waals surface area contributed by atoms with Gasteiger partial charge in [-0.25, -0.2) is 9.78 Å². The lowest BCUT2D eigenvalue weighted by atomic mass is 10.1. The van der Waals surface area contributed by atoms with Crippen molar-refractivity contribution < 1.29 is 19.1 Å². The number of nitrogens with zero attached hydrogens (tertiary/aromatic N) is 2. The first-order valence-corrected chi connectivity index (χ1v) is 8.92. The summed E-state index contributed by atoms with van der Waals surface area (Å²) in [6.07, 6.45) is 2.28. The van der Waals surface area contributed by atoms with Crippen LogP contribution in [0.4, 0.5) is 0 Å². The molecule has 1 aromatic carbocycles. The number of carbonyl (C=O) groups excluding carboxylic acids is 3. The second-order valence-corrected chi connectivity index (χ2v) is 6.45.